The Balaban J connectivity index is 1.51. The third-order valence-electron chi connectivity index (χ3n) is 4.44. The molecule has 2 N–H and O–H groups in total. The fraction of sp³-hybridized carbons (Fsp3) is 0.200. The van der Waals surface area contributed by atoms with E-state index in [1.54, 1.807) is 0 Å². The lowest BCUT2D eigenvalue weighted by Crippen LogP contribution is -2.16. The zero-order chi connectivity index (χ0) is 18.1. The van der Waals surface area contributed by atoms with Crippen LogP contribution in [0.25, 0.3) is 0 Å². The van der Waals surface area contributed by atoms with Gasteiger partial charge in [0.05, 0.1) is 6.20 Å². The summed E-state index contributed by atoms with van der Waals surface area (Å²) in [5.74, 6) is 1.05. The molecule has 1 atom stereocenters. The highest BCUT2D eigenvalue weighted by molar-refractivity contribution is 7.15. The number of thiazole rings is 1. The molecule has 5 nitrogen and oxygen atoms in total. The summed E-state index contributed by atoms with van der Waals surface area (Å²) in [6.07, 6.45) is 3.34. The molecule has 1 amide bonds. The second-order valence-corrected chi connectivity index (χ2v) is 7.22. The van der Waals surface area contributed by atoms with E-state index in [1.165, 1.54) is 17.3 Å². The maximum Gasteiger partial charge on any atom is 0.279 e. The predicted molar refractivity (Wildman–Crippen MR) is 100 cm³/mol. The van der Waals surface area contributed by atoms with Gasteiger partial charge in [-0.1, -0.05) is 35.6 Å². The number of carbonyl (C=O) groups is 1. The van der Waals surface area contributed by atoms with Crippen molar-refractivity contribution in [2.45, 2.75) is 25.9 Å². The number of fused-ring (bicyclic) bond motifs is 1. The third kappa shape index (κ3) is 3.28. The normalized spacial score (nSPS) is 15.8. The van der Waals surface area contributed by atoms with Gasteiger partial charge >= 0.3 is 0 Å². The van der Waals surface area contributed by atoms with Gasteiger partial charge in [-0.05, 0) is 54.7 Å². The molecular formula is C20H18N2O3S. The van der Waals surface area contributed by atoms with Crippen LogP contribution in [0, 0.1) is 6.92 Å². The lowest BCUT2D eigenvalue weighted by molar-refractivity contribution is 0.100. The number of amides is 1. The molecule has 2 aromatic carbocycles. The second kappa shape index (κ2) is 6.80. The van der Waals surface area contributed by atoms with Crippen molar-refractivity contribution in [3.05, 3.63) is 70.2 Å². The number of carbonyl (C=O) groups excluding carboxylic acids is 1. The van der Waals surface area contributed by atoms with Gasteiger partial charge < -0.3 is 15.2 Å². The summed E-state index contributed by atoms with van der Waals surface area (Å²) < 4.78 is 12.0. The molecule has 1 aliphatic rings. The van der Waals surface area contributed by atoms with E-state index in [2.05, 4.69) is 24.0 Å². The first-order valence-corrected chi connectivity index (χ1v) is 9.20. The van der Waals surface area contributed by atoms with Crippen LogP contribution in [0.1, 0.15) is 38.9 Å². The number of benzene rings is 2. The molecular weight excluding hydrogens is 348 g/mol. The molecule has 0 radical (unpaired) electrons. The van der Waals surface area contributed by atoms with Gasteiger partial charge in [-0.25, -0.2) is 4.98 Å². The minimum atomic E-state index is -0.501. The van der Waals surface area contributed by atoms with Crippen molar-refractivity contribution in [2.24, 2.45) is 5.73 Å². The van der Waals surface area contributed by atoms with Crippen molar-refractivity contribution < 1.29 is 14.3 Å². The first-order valence-electron chi connectivity index (χ1n) is 8.39. The monoisotopic (exact) mass is 366 g/mol. The average Bonchev–Trinajstić information content (AvgIpc) is 3.10. The summed E-state index contributed by atoms with van der Waals surface area (Å²) >= 11 is 1.13. The Bertz CT molecular complexity index is 967. The van der Waals surface area contributed by atoms with Crippen LogP contribution < -0.4 is 15.2 Å². The summed E-state index contributed by atoms with van der Waals surface area (Å²) in [5.41, 5.74) is 8.83. The summed E-state index contributed by atoms with van der Waals surface area (Å²) in [6, 6.07) is 14.1. The molecule has 4 rings (SSSR count). The molecule has 2 heterocycles. The van der Waals surface area contributed by atoms with Gasteiger partial charge in [-0.15, -0.1) is 0 Å². The lowest BCUT2D eigenvalue weighted by Gasteiger charge is -2.27. The average molecular weight is 366 g/mol. The van der Waals surface area contributed by atoms with Gasteiger partial charge in [-0.3, -0.25) is 4.79 Å². The van der Waals surface area contributed by atoms with Gasteiger partial charge in [0.1, 0.15) is 22.5 Å². The van der Waals surface area contributed by atoms with E-state index in [4.69, 9.17) is 15.2 Å². The fourth-order valence-corrected chi connectivity index (χ4v) is 3.75. The van der Waals surface area contributed by atoms with Crippen molar-refractivity contribution in [3.63, 3.8) is 0 Å². The number of hydrogen-bond donors (Lipinski definition) is 1. The standard InChI is InChI=1S/C20H18N2O3S/c1-12-4-2-3-5-15(12)17-8-6-13-10-14(7-9-16(13)25-17)24-20-22-11-18(26-20)19(21)23/h2-5,7,9-11,17H,6,8H2,1H3,(H2,21,23). The number of primary amides is 1. The number of aromatic nitrogens is 1. The van der Waals surface area contributed by atoms with E-state index in [-0.39, 0.29) is 6.10 Å². The molecule has 3 aromatic rings. The Labute approximate surface area is 155 Å². The van der Waals surface area contributed by atoms with E-state index in [9.17, 15) is 4.79 Å². The quantitative estimate of drug-likeness (QED) is 0.742. The van der Waals surface area contributed by atoms with E-state index in [1.807, 2.05) is 30.3 Å². The number of aryl methyl sites for hydroxylation is 2. The number of rotatable bonds is 4. The molecule has 0 aliphatic carbocycles. The smallest absolute Gasteiger partial charge is 0.279 e. The van der Waals surface area contributed by atoms with Crippen molar-refractivity contribution in [1.82, 2.24) is 4.98 Å². The Kier molecular flexibility index (Phi) is 4.34. The largest absolute Gasteiger partial charge is 0.485 e. The maximum absolute atomic E-state index is 11.2. The highest BCUT2D eigenvalue weighted by Gasteiger charge is 2.23. The fourth-order valence-electron chi connectivity index (χ4n) is 3.12. The van der Waals surface area contributed by atoms with Crippen LogP contribution in [-0.4, -0.2) is 10.9 Å². The van der Waals surface area contributed by atoms with Crippen molar-refractivity contribution in [2.75, 3.05) is 0 Å². The van der Waals surface area contributed by atoms with Crippen LogP contribution in [0.3, 0.4) is 0 Å². The van der Waals surface area contributed by atoms with Crippen LogP contribution in [0.5, 0.6) is 16.7 Å². The Morgan fingerprint density at radius 1 is 1.31 bits per heavy atom. The molecule has 0 bridgehead atoms. The van der Waals surface area contributed by atoms with Crippen LogP contribution >= 0.6 is 11.3 Å². The van der Waals surface area contributed by atoms with Crippen LogP contribution in [-0.2, 0) is 6.42 Å². The number of ether oxygens (including phenoxy) is 2. The lowest BCUT2D eigenvalue weighted by atomic mass is 9.95. The Hall–Kier alpha value is -2.86. The zero-order valence-corrected chi connectivity index (χ0v) is 15.1. The number of nitrogens with zero attached hydrogens (tertiary/aromatic N) is 1. The maximum atomic E-state index is 11.2. The van der Waals surface area contributed by atoms with Crippen molar-refractivity contribution >= 4 is 17.2 Å². The van der Waals surface area contributed by atoms with Gasteiger partial charge in [0.15, 0.2) is 0 Å². The molecule has 6 heteroatoms. The van der Waals surface area contributed by atoms with Crippen molar-refractivity contribution in [1.29, 1.82) is 0 Å². The first-order chi connectivity index (χ1) is 12.6. The van der Waals surface area contributed by atoms with Crippen LogP contribution in [0.4, 0.5) is 0 Å². The summed E-state index contributed by atoms with van der Waals surface area (Å²) in [4.78, 5) is 15.6. The van der Waals surface area contributed by atoms with E-state index in [0.717, 1.165) is 35.5 Å². The highest BCUT2D eigenvalue weighted by atomic mass is 32.1. The molecule has 1 aromatic heterocycles. The van der Waals surface area contributed by atoms with Gasteiger partial charge in [0.2, 0.25) is 0 Å². The predicted octanol–water partition coefficient (Wildman–Crippen LogP) is 4.41. The van der Waals surface area contributed by atoms with Crippen molar-refractivity contribution in [3.8, 4) is 16.7 Å². The zero-order valence-electron chi connectivity index (χ0n) is 14.3. The number of nitrogens with two attached hydrogens (primary N) is 1. The third-order valence-corrected chi connectivity index (χ3v) is 5.33. The van der Waals surface area contributed by atoms with Gasteiger partial charge in [-0.2, -0.15) is 0 Å². The molecule has 0 saturated carbocycles. The molecule has 0 spiro atoms. The van der Waals surface area contributed by atoms with Gasteiger partial charge in [0.25, 0.3) is 11.1 Å². The summed E-state index contributed by atoms with van der Waals surface area (Å²) in [7, 11) is 0. The first kappa shape index (κ1) is 16.6. The molecule has 132 valence electrons. The minimum absolute atomic E-state index is 0.0764. The van der Waals surface area contributed by atoms with E-state index in [0.29, 0.717) is 15.8 Å². The Morgan fingerprint density at radius 2 is 2.15 bits per heavy atom. The van der Waals surface area contributed by atoms with Crippen LogP contribution in [0.2, 0.25) is 0 Å². The SMILES string of the molecule is Cc1ccccc1C1CCc2cc(Oc3ncc(C(N)=O)s3)ccc2O1. The summed E-state index contributed by atoms with van der Waals surface area (Å²) in [5, 5.41) is 0.397. The summed E-state index contributed by atoms with van der Waals surface area (Å²) in [6.45, 7) is 2.11. The Morgan fingerprint density at radius 3 is 2.92 bits per heavy atom. The minimum Gasteiger partial charge on any atom is -0.485 e. The van der Waals surface area contributed by atoms with Crippen LogP contribution in [0.15, 0.2) is 48.7 Å². The highest BCUT2D eigenvalue weighted by Crippen LogP contribution is 2.38. The van der Waals surface area contributed by atoms with E-state index >= 15 is 0 Å². The van der Waals surface area contributed by atoms with E-state index < -0.39 is 5.91 Å². The second-order valence-electron chi connectivity index (χ2n) is 6.23. The molecule has 0 fully saturated rings. The van der Waals surface area contributed by atoms with Gasteiger partial charge in [0, 0.05) is 0 Å². The molecule has 1 aliphatic heterocycles. The molecule has 26 heavy (non-hydrogen) atoms. The topological polar surface area (TPSA) is 74.4 Å². The molecule has 1 unspecified atom stereocenters. The molecule has 0 saturated heterocycles. The number of hydrogen-bond acceptors (Lipinski definition) is 5.